The minimum absolute atomic E-state index is 0. The molecule has 14 heavy (non-hydrogen) atoms. The van der Waals surface area contributed by atoms with Gasteiger partial charge in [-0.15, -0.1) is 12.4 Å². The van der Waals surface area contributed by atoms with E-state index >= 15 is 0 Å². The Balaban J connectivity index is 0.000000980. The second kappa shape index (κ2) is 4.15. The molecular formula is C10H13ClFNO. The summed E-state index contributed by atoms with van der Waals surface area (Å²) in [7, 11) is 0. The van der Waals surface area contributed by atoms with Gasteiger partial charge in [0.1, 0.15) is 17.2 Å². The number of rotatable bonds is 2. The first kappa shape index (κ1) is 11.3. The summed E-state index contributed by atoms with van der Waals surface area (Å²) in [5.74, 6) is 0.345. The van der Waals surface area contributed by atoms with Crippen LogP contribution in [0.25, 0.3) is 0 Å². The third kappa shape index (κ3) is 2.36. The van der Waals surface area contributed by atoms with Gasteiger partial charge < -0.3 is 10.1 Å². The minimum Gasteiger partial charge on any atom is -0.485 e. The molecule has 0 amide bonds. The third-order valence-corrected chi connectivity index (χ3v) is 2.16. The lowest BCUT2D eigenvalue weighted by Gasteiger charge is -2.39. The largest absolute Gasteiger partial charge is 0.485 e. The van der Waals surface area contributed by atoms with Gasteiger partial charge in [0.25, 0.3) is 0 Å². The van der Waals surface area contributed by atoms with Crippen LogP contribution in [0.5, 0.6) is 5.75 Å². The van der Waals surface area contributed by atoms with E-state index in [1.165, 1.54) is 12.1 Å². The highest BCUT2D eigenvalue weighted by Gasteiger charge is 2.33. The summed E-state index contributed by atoms with van der Waals surface area (Å²) in [5, 5.41) is 3.12. The number of benzene rings is 1. The number of hydrogen-bond donors (Lipinski definition) is 1. The van der Waals surface area contributed by atoms with Crippen molar-refractivity contribution in [3.8, 4) is 5.75 Å². The van der Waals surface area contributed by atoms with Crippen LogP contribution < -0.4 is 10.1 Å². The lowest BCUT2D eigenvalue weighted by molar-refractivity contribution is 0.0346. The summed E-state index contributed by atoms with van der Waals surface area (Å²) < 4.78 is 18.4. The number of nitrogens with one attached hydrogen (secondary N) is 1. The number of halogens is 2. The molecule has 0 aromatic heterocycles. The Labute approximate surface area is 88.9 Å². The maximum atomic E-state index is 12.8. The predicted molar refractivity (Wildman–Crippen MR) is 55.6 cm³/mol. The van der Waals surface area contributed by atoms with Crippen molar-refractivity contribution >= 4 is 12.4 Å². The maximum Gasteiger partial charge on any atom is 0.131 e. The van der Waals surface area contributed by atoms with E-state index < -0.39 is 0 Å². The highest BCUT2D eigenvalue weighted by Crippen LogP contribution is 2.21. The molecule has 1 aromatic carbocycles. The first-order valence-electron chi connectivity index (χ1n) is 4.33. The Morgan fingerprint density at radius 1 is 1.43 bits per heavy atom. The molecule has 0 spiro atoms. The van der Waals surface area contributed by atoms with Crippen molar-refractivity contribution in [3.05, 3.63) is 30.1 Å². The molecule has 0 aliphatic carbocycles. The normalized spacial score (nSPS) is 17.9. The van der Waals surface area contributed by atoms with Crippen molar-refractivity contribution in [3.63, 3.8) is 0 Å². The monoisotopic (exact) mass is 217 g/mol. The summed E-state index contributed by atoms with van der Waals surface area (Å²) >= 11 is 0. The van der Waals surface area contributed by atoms with Crippen LogP contribution in [0.15, 0.2) is 24.3 Å². The van der Waals surface area contributed by atoms with Gasteiger partial charge in [-0.05, 0) is 19.1 Å². The predicted octanol–water partition coefficient (Wildman–Crippen LogP) is 1.99. The van der Waals surface area contributed by atoms with E-state index in [0.717, 1.165) is 13.1 Å². The average molecular weight is 218 g/mol. The summed E-state index contributed by atoms with van der Waals surface area (Å²) in [6, 6.07) is 6.24. The van der Waals surface area contributed by atoms with E-state index in [4.69, 9.17) is 4.74 Å². The van der Waals surface area contributed by atoms with Crippen molar-refractivity contribution in [2.24, 2.45) is 0 Å². The van der Waals surface area contributed by atoms with Crippen molar-refractivity contribution in [2.45, 2.75) is 12.5 Å². The molecule has 0 bridgehead atoms. The molecule has 1 N–H and O–H groups in total. The fourth-order valence-electron chi connectivity index (χ4n) is 1.36. The Morgan fingerprint density at radius 3 is 2.64 bits per heavy atom. The molecule has 1 aromatic rings. The summed E-state index contributed by atoms with van der Waals surface area (Å²) in [6.07, 6.45) is 0. The molecule has 0 atom stereocenters. The first-order valence-corrected chi connectivity index (χ1v) is 4.33. The Morgan fingerprint density at radius 2 is 2.14 bits per heavy atom. The van der Waals surface area contributed by atoms with Gasteiger partial charge in [0.05, 0.1) is 0 Å². The van der Waals surface area contributed by atoms with Crippen molar-refractivity contribution < 1.29 is 9.13 Å². The third-order valence-electron chi connectivity index (χ3n) is 2.16. The molecule has 2 nitrogen and oxygen atoms in total. The molecule has 78 valence electrons. The molecule has 4 heteroatoms. The molecule has 1 heterocycles. The van der Waals surface area contributed by atoms with Gasteiger partial charge in [0.15, 0.2) is 0 Å². The standard InChI is InChI=1S/C10H12FNO.ClH/c1-10(6-12-7-10)13-9-4-2-3-8(11)5-9;/h2-5,12H,6-7H2,1H3;1H. The number of ether oxygens (including phenoxy) is 1. The summed E-state index contributed by atoms with van der Waals surface area (Å²) in [6.45, 7) is 3.65. The molecule has 0 saturated carbocycles. The van der Waals surface area contributed by atoms with Crippen LogP contribution in [0.3, 0.4) is 0 Å². The zero-order valence-electron chi connectivity index (χ0n) is 7.92. The van der Waals surface area contributed by atoms with Crippen LogP contribution in [-0.4, -0.2) is 18.7 Å². The molecule has 1 fully saturated rings. The molecular weight excluding hydrogens is 205 g/mol. The Bertz CT molecular complexity index is 315. The van der Waals surface area contributed by atoms with Crippen molar-refractivity contribution in [1.29, 1.82) is 0 Å². The molecule has 0 unspecified atom stereocenters. The van der Waals surface area contributed by atoms with Crippen LogP contribution in [0, 0.1) is 5.82 Å². The lowest BCUT2D eigenvalue weighted by atomic mass is 10.00. The first-order chi connectivity index (χ1) is 6.18. The van der Waals surface area contributed by atoms with E-state index in [1.807, 2.05) is 6.92 Å². The van der Waals surface area contributed by atoms with Gasteiger partial charge in [-0.25, -0.2) is 4.39 Å². The minimum atomic E-state index is -0.256. The maximum absolute atomic E-state index is 12.8. The topological polar surface area (TPSA) is 21.3 Å². The smallest absolute Gasteiger partial charge is 0.131 e. The molecule has 1 saturated heterocycles. The molecule has 1 aliphatic rings. The highest BCUT2D eigenvalue weighted by atomic mass is 35.5. The molecule has 1 aliphatic heterocycles. The highest BCUT2D eigenvalue weighted by molar-refractivity contribution is 5.85. The summed E-state index contributed by atoms with van der Waals surface area (Å²) in [5.41, 5.74) is -0.159. The van der Waals surface area contributed by atoms with E-state index in [0.29, 0.717) is 5.75 Å². The van der Waals surface area contributed by atoms with Crippen LogP contribution in [0.4, 0.5) is 4.39 Å². The van der Waals surface area contributed by atoms with E-state index in [-0.39, 0.29) is 23.8 Å². The second-order valence-corrected chi connectivity index (χ2v) is 3.61. The number of hydrogen-bond acceptors (Lipinski definition) is 2. The van der Waals surface area contributed by atoms with Gasteiger partial charge in [-0.3, -0.25) is 0 Å². The van der Waals surface area contributed by atoms with E-state index in [9.17, 15) is 4.39 Å². The second-order valence-electron chi connectivity index (χ2n) is 3.61. The zero-order valence-corrected chi connectivity index (χ0v) is 8.73. The van der Waals surface area contributed by atoms with Crippen LogP contribution >= 0.6 is 12.4 Å². The van der Waals surface area contributed by atoms with E-state index in [2.05, 4.69) is 5.32 Å². The van der Waals surface area contributed by atoms with Gasteiger partial charge in [0, 0.05) is 19.2 Å². The van der Waals surface area contributed by atoms with Crippen molar-refractivity contribution in [2.75, 3.05) is 13.1 Å². The van der Waals surface area contributed by atoms with Gasteiger partial charge in [0.2, 0.25) is 0 Å². The van der Waals surface area contributed by atoms with Gasteiger partial charge >= 0.3 is 0 Å². The fourth-order valence-corrected chi connectivity index (χ4v) is 1.36. The SMILES string of the molecule is CC1(Oc2cccc(F)c2)CNC1.Cl. The Kier molecular flexibility index (Phi) is 3.34. The van der Waals surface area contributed by atoms with E-state index in [1.54, 1.807) is 12.1 Å². The van der Waals surface area contributed by atoms with Gasteiger partial charge in [-0.2, -0.15) is 0 Å². The Hall–Kier alpha value is -0.800. The molecule has 0 radical (unpaired) electrons. The van der Waals surface area contributed by atoms with Crippen LogP contribution in [0.2, 0.25) is 0 Å². The van der Waals surface area contributed by atoms with Crippen LogP contribution in [0.1, 0.15) is 6.92 Å². The molecule has 2 rings (SSSR count). The quantitative estimate of drug-likeness (QED) is 0.818. The van der Waals surface area contributed by atoms with Gasteiger partial charge in [-0.1, -0.05) is 6.07 Å². The van der Waals surface area contributed by atoms with Crippen LogP contribution in [-0.2, 0) is 0 Å². The average Bonchev–Trinajstić information content (AvgIpc) is 2.01. The zero-order chi connectivity index (χ0) is 9.31. The summed E-state index contributed by atoms with van der Waals surface area (Å²) in [4.78, 5) is 0. The fraction of sp³-hybridized carbons (Fsp3) is 0.400. The van der Waals surface area contributed by atoms with Crippen molar-refractivity contribution in [1.82, 2.24) is 5.32 Å². The lowest BCUT2D eigenvalue weighted by Crippen LogP contribution is -2.61.